The molecule has 0 radical (unpaired) electrons. The van der Waals surface area contributed by atoms with Crippen LogP contribution in [0.5, 0.6) is 0 Å². The summed E-state index contributed by atoms with van der Waals surface area (Å²) >= 11 is 0. The molecule has 12 nitrogen and oxygen atoms in total. The molecule has 3 rings (SSSR count). The third-order valence-electron chi connectivity index (χ3n) is 5.68. The zero-order valence-electron chi connectivity index (χ0n) is 23.0. The average molecular weight is 611 g/mol. The predicted octanol–water partition coefficient (Wildman–Crippen LogP) is 4.59. The number of halogens is 3. The number of unbranched alkanes of at least 4 members (excludes halogenated alkanes) is 1. The van der Waals surface area contributed by atoms with Crippen LogP contribution < -0.4 is 4.72 Å². The van der Waals surface area contributed by atoms with E-state index in [1.165, 1.54) is 36.2 Å². The highest BCUT2D eigenvalue weighted by atomic mass is 32.2. The lowest BCUT2D eigenvalue weighted by Gasteiger charge is -2.11. The lowest BCUT2D eigenvalue weighted by Crippen LogP contribution is -2.30. The molecule has 0 aliphatic heterocycles. The van der Waals surface area contributed by atoms with Gasteiger partial charge in [-0.2, -0.15) is 18.3 Å². The second-order valence-corrected chi connectivity index (χ2v) is 10.8. The molecule has 0 bridgehead atoms. The lowest BCUT2D eigenvalue weighted by atomic mass is 10.1. The first-order valence-electron chi connectivity index (χ1n) is 12.5. The van der Waals surface area contributed by atoms with Gasteiger partial charge in [0, 0.05) is 37.8 Å². The number of hydrogen-bond acceptors (Lipinski definition) is 9. The monoisotopic (exact) mass is 610 g/mol. The van der Waals surface area contributed by atoms with E-state index in [0.717, 1.165) is 16.3 Å². The van der Waals surface area contributed by atoms with E-state index in [0.29, 0.717) is 24.9 Å². The first-order chi connectivity index (χ1) is 19.8. The summed E-state index contributed by atoms with van der Waals surface area (Å²) in [5, 5.41) is 12.2. The summed E-state index contributed by atoms with van der Waals surface area (Å²) in [4.78, 5) is 27.2. The SMILES string of the molecule is CC(=O)OCO/N=N\N(C)CCCCC(=O)NS(=O)(=O)c1ccc(-n2nc(C(F)(F)F)cc2-c2ccc(C)cc2)cc1. The number of rotatable bonds is 13. The molecule has 1 aromatic heterocycles. The summed E-state index contributed by atoms with van der Waals surface area (Å²) in [5.74, 6) is -1.25. The van der Waals surface area contributed by atoms with Gasteiger partial charge in [0.1, 0.15) is 0 Å². The number of aryl methyl sites for hydroxylation is 1. The number of sulfonamides is 1. The molecule has 3 aromatic rings. The molecule has 0 atom stereocenters. The Morgan fingerprint density at radius 3 is 2.36 bits per heavy atom. The highest BCUT2D eigenvalue weighted by Crippen LogP contribution is 2.33. The Morgan fingerprint density at radius 2 is 1.74 bits per heavy atom. The summed E-state index contributed by atoms with van der Waals surface area (Å²) in [6.07, 6.45) is -3.94. The first kappa shape index (κ1) is 32.0. The molecule has 0 fully saturated rings. The Kier molecular flexibility index (Phi) is 10.6. The summed E-state index contributed by atoms with van der Waals surface area (Å²) in [6.45, 7) is 3.07. The maximum atomic E-state index is 13.4. The van der Waals surface area contributed by atoms with Gasteiger partial charge < -0.3 is 9.57 Å². The quantitative estimate of drug-likeness (QED) is 0.0973. The van der Waals surface area contributed by atoms with E-state index in [1.54, 1.807) is 31.3 Å². The van der Waals surface area contributed by atoms with E-state index in [1.807, 2.05) is 11.6 Å². The third kappa shape index (κ3) is 9.29. The molecule has 2 aromatic carbocycles. The zero-order valence-corrected chi connectivity index (χ0v) is 23.8. The summed E-state index contributed by atoms with van der Waals surface area (Å²) in [6, 6.07) is 12.8. The highest BCUT2D eigenvalue weighted by Gasteiger charge is 2.35. The number of benzene rings is 2. The molecule has 16 heteroatoms. The van der Waals surface area contributed by atoms with Gasteiger partial charge in [-0.15, -0.1) is 0 Å². The van der Waals surface area contributed by atoms with Crippen LogP contribution in [-0.2, 0) is 35.4 Å². The largest absolute Gasteiger partial charge is 0.435 e. The van der Waals surface area contributed by atoms with Crippen molar-refractivity contribution in [3.63, 3.8) is 0 Å². The van der Waals surface area contributed by atoms with Crippen molar-refractivity contribution >= 4 is 21.9 Å². The summed E-state index contributed by atoms with van der Waals surface area (Å²) < 4.78 is 73.4. The Labute approximate surface area is 240 Å². The minimum atomic E-state index is -4.68. The average Bonchev–Trinajstić information content (AvgIpc) is 3.37. The molecule has 0 saturated carbocycles. The molecule has 1 heterocycles. The van der Waals surface area contributed by atoms with E-state index in [-0.39, 0.29) is 29.5 Å². The lowest BCUT2D eigenvalue weighted by molar-refractivity contribution is -0.154. The van der Waals surface area contributed by atoms with Crippen LogP contribution in [0.1, 0.15) is 37.4 Å². The van der Waals surface area contributed by atoms with Gasteiger partial charge in [0.05, 0.1) is 16.3 Å². The highest BCUT2D eigenvalue weighted by molar-refractivity contribution is 7.90. The Hall–Kier alpha value is -4.47. The number of aromatic nitrogens is 2. The van der Waals surface area contributed by atoms with Gasteiger partial charge in [-0.05, 0) is 55.3 Å². The Balaban J connectivity index is 1.60. The summed E-state index contributed by atoms with van der Waals surface area (Å²) in [5.41, 5.74) is 0.700. The maximum Gasteiger partial charge on any atom is 0.435 e. The minimum absolute atomic E-state index is 0.0847. The van der Waals surface area contributed by atoms with Crippen molar-refractivity contribution in [1.82, 2.24) is 19.5 Å². The Bertz CT molecular complexity index is 1510. The van der Waals surface area contributed by atoms with Crippen molar-refractivity contribution in [1.29, 1.82) is 0 Å². The van der Waals surface area contributed by atoms with Gasteiger partial charge in [0.15, 0.2) is 5.69 Å². The standard InChI is InChI=1S/C26H29F3N6O6S/c1-18-7-9-20(10-8-18)23-16-24(26(27,28)29)30-35(23)21-11-13-22(14-12-21)42(38,39)31-25(37)6-4-5-15-34(3)32-33-41-17-40-19(2)36/h7-14,16H,4-6,15,17H2,1-3H3,(H,31,37)/b33-32-. The second kappa shape index (κ2) is 13.9. The van der Waals surface area contributed by atoms with Crippen LogP contribution in [0.4, 0.5) is 13.2 Å². The van der Waals surface area contributed by atoms with E-state index < -0.39 is 33.8 Å². The fraction of sp³-hybridized carbons (Fsp3) is 0.346. The number of hydrogen-bond donors (Lipinski definition) is 1. The number of nitrogens with zero attached hydrogens (tertiary/aromatic N) is 5. The van der Waals surface area contributed by atoms with Crippen molar-refractivity contribution in [3.05, 3.63) is 65.9 Å². The number of esters is 1. The van der Waals surface area contributed by atoms with Gasteiger partial charge >= 0.3 is 12.1 Å². The molecule has 0 aliphatic carbocycles. The number of amides is 1. The number of carbonyl (C=O) groups excluding carboxylic acids is 2. The van der Waals surface area contributed by atoms with Gasteiger partial charge in [-0.1, -0.05) is 29.8 Å². The molecule has 0 spiro atoms. The molecule has 0 saturated heterocycles. The van der Waals surface area contributed by atoms with E-state index in [2.05, 4.69) is 25.2 Å². The fourth-order valence-electron chi connectivity index (χ4n) is 3.56. The molecule has 226 valence electrons. The maximum absolute atomic E-state index is 13.4. The minimum Gasteiger partial charge on any atom is -0.426 e. The second-order valence-electron chi connectivity index (χ2n) is 9.11. The van der Waals surface area contributed by atoms with Crippen LogP contribution in [0.25, 0.3) is 16.9 Å². The van der Waals surface area contributed by atoms with Gasteiger partial charge in [-0.25, -0.2) is 17.8 Å². The van der Waals surface area contributed by atoms with Crippen molar-refractivity contribution in [2.24, 2.45) is 10.5 Å². The molecule has 1 N–H and O–H groups in total. The van der Waals surface area contributed by atoms with E-state index in [4.69, 9.17) is 0 Å². The number of carbonyl (C=O) groups is 2. The predicted molar refractivity (Wildman–Crippen MR) is 143 cm³/mol. The fourth-order valence-corrected chi connectivity index (χ4v) is 4.58. The van der Waals surface area contributed by atoms with Crippen LogP contribution in [0.2, 0.25) is 0 Å². The zero-order chi connectivity index (χ0) is 30.9. The smallest absolute Gasteiger partial charge is 0.426 e. The third-order valence-corrected chi connectivity index (χ3v) is 7.07. The van der Waals surface area contributed by atoms with Gasteiger partial charge in [0.2, 0.25) is 5.91 Å². The van der Waals surface area contributed by atoms with Crippen LogP contribution in [0, 0.1) is 6.92 Å². The van der Waals surface area contributed by atoms with Gasteiger partial charge in [-0.3, -0.25) is 14.6 Å². The summed E-state index contributed by atoms with van der Waals surface area (Å²) in [7, 11) is -2.63. The normalized spacial score (nSPS) is 11.9. The number of alkyl halides is 3. The molecule has 42 heavy (non-hydrogen) atoms. The number of ether oxygens (including phenoxy) is 1. The van der Waals surface area contributed by atoms with E-state index >= 15 is 0 Å². The van der Waals surface area contributed by atoms with E-state index in [9.17, 15) is 31.2 Å². The van der Waals surface area contributed by atoms with Crippen LogP contribution >= 0.6 is 0 Å². The molecule has 0 unspecified atom stereocenters. The van der Waals surface area contributed by atoms with Crippen LogP contribution in [-0.4, -0.2) is 55.5 Å². The van der Waals surface area contributed by atoms with Crippen LogP contribution in [0.3, 0.4) is 0 Å². The number of nitrogens with one attached hydrogen (secondary N) is 1. The molecular formula is C26H29F3N6O6S. The molecule has 1 amide bonds. The molecule has 0 aliphatic rings. The molecular weight excluding hydrogens is 581 g/mol. The topological polar surface area (TPSA) is 145 Å². The Morgan fingerprint density at radius 1 is 1.07 bits per heavy atom. The van der Waals surface area contributed by atoms with Gasteiger partial charge in [0.25, 0.3) is 16.8 Å². The van der Waals surface area contributed by atoms with Crippen molar-refractivity contribution in [3.8, 4) is 16.9 Å². The first-order valence-corrected chi connectivity index (χ1v) is 14.0. The van der Waals surface area contributed by atoms with Crippen LogP contribution in [0.15, 0.2) is 70.0 Å². The van der Waals surface area contributed by atoms with Crippen molar-refractivity contribution < 1.29 is 40.8 Å². The van der Waals surface area contributed by atoms with Crippen molar-refractivity contribution in [2.45, 2.75) is 44.2 Å². The van der Waals surface area contributed by atoms with Crippen molar-refractivity contribution in [2.75, 3.05) is 20.4 Å².